The zero-order valence-electron chi connectivity index (χ0n) is 11.8. The van der Waals surface area contributed by atoms with E-state index in [-0.39, 0.29) is 11.9 Å². The van der Waals surface area contributed by atoms with Crippen molar-refractivity contribution in [1.82, 2.24) is 10.3 Å². The number of nitrogens with one attached hydrogen (secondary N) is 1. The van der Waals surface area contributed by atoms with Crippen LogP contribution in [0.1, 0.15) is 25.5 Å². The van der Waals surface area contributed by atoms with Crippen LogP contribution in [-0.2, 0) is 9.53 Å². The van der Waals surface area contributed by atoms with Crippen LogP contribution in [-0.4, -0.2) is 37.1 Å². The van der Waals surface area contributed by atoms with Gasteiger partial charge >= 0.3 is 0 Å². The van der Waals surface area contributed by atoms with Crippen LogP contribution < -0.4 is 11.3 Å². The van der Waals surface area contributed by atoms with Gasteiger partial charge in [-0.15, -0.1) is 0 Å². The first-order valence-corrected chi connectivity index (χ1v) is 6.42. The number of nitrogens with zero attached hydrogens (tertiary/aromatic N) is 1. The molecule has 0 fully saturated rings. The molecule has 0 bridgehead atoms. The number of rotatable bonds is 7. The van der Waals surface area contributed by atoms with Gasteiger partial charge in [-0.2, -0.15) is 0 Å². The van der Waals surface area contributed by atoms with Crippen molar-refractivity contribution in [2.45, 2.75) is 25.9 Å². The van der Waals surface area contributed by atoms with Crippen molar-refractivity contribution < 1.29 is 9.53 Å². The Kier molecular flexibility index (Phi) is 6.49. The molecule has 106 valence electrons. The number of methoxy groups -OCH3 is 1. The third kappa shape index (κ3) is 4.31. The van der Waals surface area contributed by atoms with Crippen LogP contribution in [0.2, 0.25) is 0 Å². The topological polar surface area (TPSA) is 67.6 Å². The summed E-state index contributed by atoms with van der Waals surface area (Å²) >= 11 is 0. The van der Waals surface area contributed by atoms with Crippen molar-refractivity contribution in [3.63, 3.8) is 0 Å². The highest BCUT2D eigenvalue weighted by atomic mass is 16.5. The third-order valence-electron chi connectivity index (χ3n) is 3.05. The summed E-state index contributed by atoms with van der Waals surface area (Å²) in [5, 5.41) is 0. The average Bonchev–Trinajstić information content (AvgIpc) is 2.43. The zero-order chi connectivity index (χ0) is 14.3. The first-order chi connectivity index (χ1) is 9.11. The van der Waals surface area contributed by atoms with Crippen LogP contribution in [0.25, 0.3) is 0 Å². The summed E-state index contributed by atoms with van der Waals surface area (Å²) in [4.78, 5) is 14.2. The van der Waals surface area contributed by atoms with E-state index in [4.69, 9.17) is 10.6 Å². The standard InChI is InChI=1S/C14H23N3O2/c1-11(2)17(9-10-19-3)13(14(18)16-15)12-7-5-4-6-8-12/h4-8,11,13H,9-10,15H2,1-3H3,(H,16,18). The van der Waals surface area contributed by atoms with Gasteiger partial charge in [-0.05, 0) is 19.4 Å². The molecule has 1 aromatic carbocycles. The molecule has 1 atom stereocenters. The van der Waals surface area contributed by atoms with Crippen LogP contribution >= 0.6 is 0 Å². The summed E-state index contributed by atoms with van der Waals surface area (Å²) < 4.78 is 5.12. The Hall–Kier alpha value is -1.43. The van der Waals surface area contributed by atoms with Crippen LogP contribution in [0.4, 0.5) is 0 Å². The maximum atomic E-state index is 12.1. The van der Waals surface area contributed by atoms with Crippen molar-refractivity contribution in [1.29, 1.82) is 0 Å². The number of benzene rings is 1. The Balaban J connectivity index is 3.03. The number of ether oxygens (including phenoxy) is 1. The van der Waals surface area contributed by atoms with Crippen molar-refractivity contribution in [3.8, 4) is 0 Å². The summed E-state index contributed by atoms with van der Waals surface area (Å²) in [6.45, 7) is 5.34. The van der Waals surface area contributed by atoms with Gasteiger partial charge in [0.25, 0.3) is 5.91 Å². The summed E-state index contributed by atoms with van der Waals surface area (Å²) in [5.41, 5.74) is 3.18. The first-order valence-electron chi connectivity index (χ1n) is 6.42. The summed E-state index contributed by atoms with van der Waals surface area (Å²) in [6.07, 6.45) is 0. The normalized spacial score (nSPS) is 12.7. The van der Waals surface area contributed by atoms with Gasteiger partial charge in [-0.3, -0.25) is 15.1 Å². The van der Waals surface area contributed by atoms with E-state index in [0.717, 1.165) is 5.56 Å². The largest absolute Gasteiger partial charge is 0.383 e. The lowest BCUT2D eigenvalue weighted by atomic mass is 10.0. The third-order valence-corrected chi connectivity index (χ3v) is 3.05. The Bertz CT molecular complexity index is 382. The Morgan fingerprint density at radius 2 is 2.00 bits per heavy atom. The van der Waals surface area contributed by atoms with Gasteiger partial charge in [0.2, 0.25) is 0 Å². The molecular weight excluding hydrogens is 242 g/mol. The van der Waals surface area contributed by atoms with Crippen LogP contribution in [0.15, 0.2) is 30.3 Å². The molecule has 0 radical (unpaired) electrons. The molecule has 1 amide bonds. The first kappa shape index (κ1) is 15.6. The monoisotopic (exact) mass is 265 g/mol. The van der Waals surface area contributed by atoms with Gasteiger partial charge in [-0.1, -0.05) is 30.3 Å². The molecule has 5 heteroatoms. The smallest absolute Gasteiger partial charge is 0.255 e. The van der Waals surface area contributed by atoms with E-state index in [1.807, 2.05) is 30.3 Å². The van der Waals surface area contributed by atoms with Gasteiger partial charge in [-0.25, -0.2) is 5.84 Å². The van der Waals surface area contributed by atoms with E-state index < -0.39 is 6.04 Å². The van der Waals surface area contributed by atoms with Gasteiger partial charge < -0.3 is 4.74 Å². The number of hydrogen-bond acceptors (Lipinski definition) is 4. The van der Waals surface area contributed by atoms with Crippen molar-refractivity contribution in [2.24, 2.45) is 5.84 Å². The number of hydrazine groups is 1. The van der Waals surface area contributed by atoms with Gasteiger partial charge in [0.1, 0.15) is 6.04 Å². The van der Waals surface area contributed by atoms with E-state index in [0.29, 0.717) is 13.2 Å². The molecule has 3 N–H and O–H groups in total. The van der Waals surface area contributed by atoms with Crippen LogP contribution in [0.5, 0.6) is 0 Å². The molecular formula is C14H23N3O2. The van der Waals surface area contributed by atoms with Crippen molar-refractivity contribution >= 4 is 5.91 Å². The number of amides is 1. The molecule has 1 unspecified atom stereocenters. The second-order valence-corrected chi connectivity index (χ2v) is 4.65. The van der Waals surface area contributed by atoms with Crippen LogP contribution in [0.3, 0.4) is 0 Å². The second-order valence-electron chi connectivity index (χ2n) is 4.65. The predicted octanol–water partition coefficient (Wildman–Crippen LogP) is 1.07. The van der Waals surface area contributed by atoms with Gasteiger partial charge in [0, 0.05) is 19.7 Å². The molecule has 0 aliphatic carbocycles. The number of carbonyl (C=O) groups is 1. The number of hydrogen-bond donors (Lipinski definition) is 2. The lowest BCUT2D eigenvalue weighted by molar-refractivity contribution is -0.127. The molecule has 0 spiro atoms. The number of nitrogens with two attached hydrogens (primary N) is 1. The fraction of sp³-hybridized carbons (Fsp3) is 0.500. The number of carbonyl (C=O) groups excluding carboxylic acids is 1. The minimum atomic E-state index is -0.402. The maximum absolute atomic E-state index is 12.1. The SMILES string of the molecule is COCCN(C(C)C)C(C(=O)NN)c1ccccc1. The highest BCUT2D eigenvalue weighted by molar-refractivity contribution is 5.82. The van der Waals surface area contributed by atoms with E-state index in [2.05, 4.69) is 24.2 Å². The highest BCUT2D eigenvalue weighted by Crippen LogP contribution is 2.22. The molecule has 1 aromatic rings. The minimum absolute atomic E-state index is 0.206. The Morgan fingerprint density at radius 1 is 1.37 bits per heavy atom. The Morgan fingerprint density at radius 3 is 2.47 bits per heavy atom. The highest BCUT2D eigenvalue weighted by Gasteiger charge is 2.28. The fourth-order valence-electron chi connectivity index (χ4n) is 2.09. The molecule has 19 heavy (non-hydrogen) atoms. The molecule has 5 nitrogen and oxygen atoms in total. The van der Waals surface area contributed by atoms with Crippen LogP contribution in [0, 0.1) is 0 Å². The lowest BCUT2D eigenvalue weighted by Crippen LogP contribution is -2.47. The molecule has 0 aliphatic heterocycles. The molecule has 0 saturated carbocycles. The zero-order valence-corrected chi connectivity index (χ0v) is 11.8. The van der Waals surface area contributed by atoms with E-state index in [1.54, 1.807) is 7.11 Å². The Labute approximate surface area is 114 Å². The molecule has 0 aliphatic rings. The van der Waals surface area contributed by atoms with Crippen molar-refractivity contribution in [3.05, 3.63) is 35.9 Å². The van der Waals surface area contributed by atoms with E-state index >= 15 is 0 Å². The predicted molar refractivity (Wildman–Crippen MR) is 75.2 cm³/mol. The maximum Gasteiger partial charge on any atom is 0.255 e. The second kappa shape index (κ2) is 7.89. The molecule has 0 saturated heterocycles. The molecule has 1 rings (SSSR count). The summed E-state index contributed by atoms with van der Waals surface area (Å²) in [7, 11) is 1.65. The minimum Gasteiger partial charge on any atom is -0.383 e. The van der Waals surface area contributed by atoms with Crippen molar-refractivity contribution in [2.75, 3.05) is 20.3 Å². The summed E-state index contributed by atoms with van der Waals surface area (Å²) in [6, 6.07) is 9.43. The molecule has 0 heterocycles. The van der Waals surface area contributed by atoms with E-state index in [1.165, 1.54) is 0 Å². The lowest BCUT2D eigenvalue weighted by Gasteiger charge is -2.33. The van der Waals surface area contributed by atoms with Gasteiger partial charge in [0.15, 0.2) is 0 Å². The quantitative estimate of drug-likeness (QED) is 0.440. The van der Waals surface area contributed by atoms with Gasteiger partial charge in [0.05, 0.1) is 6.61 Å². The molecule has 0 aromatic heterocycles. The van der Waals surface area contributed by atoms with E-state index in [9.17, 15) is 4.79 Å². The average molecular weight is 265 g/mol. The summed E-state index contributed by atoms with van der Waals surface area (Å²) in [5.74, 6) is 5.11. The fourth-order valence-corrected chi connectivity index (χ4v) is 2.09.